The first-order valence-corrected chi connectivity index (χ1v) is 12.4. The summed E-state index contributed by atoms with van der Waals surface area (Å²) in [7, 11) is 0. The summed E-state index contributed by atoms with van der Waals surface area (Å²) in [5.74, 6) is -1.14. The Hall–Kier alpha value is -3.87. The van der Waals surface area contributed by atoms with Gasteiger partial charge in [-0.15, -0.1) is 0 Å². The molecule has 1 saturated heterocycles. The van der Waals surface area contributed by atoms with E-state index >= 15 is 0 Å². The molecule has 0 aliphatic carbocycles. The summed E-state index contributed by atoms with van der Waals surface area (Å²) in [6.07, 6.45) is 1.75. The van der Waals surface area contributed by atoms with Crippen LogP contribution in [0.1, 0.15) is 26.9 Å². The Morgan fingerprint density at radius 1 is 0.861 bits per heavy atom. The van der Waals surface area contributed by atoms with Gasteiger partial charge in [0.2, 0.25) is 0 Å². The molecule has 178 valence electrons. The normalized spacial score (nSPS) is 16.4. The maximum atomic E-state index is 13.6. The number of thioether (sulfide) groups is 1. The van der Waals surface area contributed by atoms with Crippen LogP contribution in [0.5, 0.6) is 0 Å². The lowest BCUT2D eigenvalue weighted by Gasteiger charge is -2.24. The van der Waals surface area contributed by atoms with Crippen molar-refractivity contribution in [3.63, 3.8) is 0 Å². The van der Waals surface area contributed by atoms with E-state index in [1.807, 2.05) is 54.6 Å². The van der Waals surface area contributed by atoms with Crippen LogP contribution in [0.4, 0.5) is 4.39 Å². The van der Waals surface area contributed by atoms with Crippen LogP contribution in [-0.4, -0.2) is 16.8 Å². The monoisotopic (exact) mass is 514 g/mol. The summed E-state index contributed by atoms with van der Waals surface area (Å²) in [5.41, 5.74) is 6.70. The van der Waals surface area contributed by atoms with Gasteiger partial charge >= 0.3 is 0 Å². The summed E-state index contributed by atoms with van der Waals surface area (Å²) in [5, 5.41) is 1.34. The van der Waals surface area contributed by atoms with Crippen LogP contribution in [0.2, 0.25) is 5.02 Å². The SMILES string of the molecule is O=C(NN1C(=O)/C(=C/c2ccc(Cl)cc2)SC1c1ccc(F)cc1)c1ccc(-c2ccccc2)cc1. The predicted molar refractivity (Wildman–Crippen MR) is 142 cm³/mol. The van der Waals surface area contributed by atoms with Crippen molar-refractivity contribution in [2.24, 2.45) is 0 Å². The molecular formula is C29H20ClFN2O2S. The topological polar surface area (TPSA) is 49.4 Å². The van der Waals surface area contributed by atoms with Gasteiger partial charge in [0.05, 0.1) is 4.91 Å². The summed E-state index contributed by atoms with van der Waals surface area (Å²) in [6.45, 7) is 0. The number of nitrogens with one attached hydrogen (secondary N) is 1. The number of carbonyl (C=O) groups excluding carboxylic acids is 2. The lowest BCUT2D eigenvalue weighted by Crippen LogP contribution is -2.44. The van der Waals surface area contributed by atoms with Crippen molar-refractivity contribution in [1.29, 1.82) is 0 Å². The average molecular weight is 515 g/mol. The first-order valence-electron chi connectivity index (χ1n) is 11.2. The molecule has 1 aliphatic heterocycles. The number of halogens is 2. The second kappa shape index (κ2) is 10.4. The fraction of sp³-hybridized carbons (Fsp3) is 0.0345. The third-order valence-electron chi connectivity index (χ3n) is 5.70. The van der Waals surface area contributed by atoms with Gasteiger partial charge in [-0.1, -0.05) is 90.1 Å². The number of hydrazine groups is 1. The summed E-state index contributed by atoms with van der Waals surface area (Å²) >= 11 is 7.27. The Balaban J connectivity index is 1.41. The van der Waals surface area contributed by atoms with Crippen molar-refractivity contribution in [3.05, 3.63) is 136 Å². The van der Waals surface area contributed by atoms with E-state index in [9.17, 15) is 14.0 Å². The molecule has 2 amide bonds. The van der Waals surface area contributed by atoms with Gasteiger partial charge in [-0.2, -0.15) is 0 Å². The van der Waals surface area contributed by atoms with Crippen LogP contribution in [0, 0.1) is 5.82 Å². The average Bonchev–Trinajstić information content (AvgIpc) is 3.21. The molecule has 1 aliphatic rings. The van der Waals surface area contributed by atoms with Gasteiger partial charge in [-0.3, -0.25) is 15.0 Å². The highest BCUT2D eigenvalue weighted by atomic mass is 35.5. The van der Waals surface area contributed by atoms with Crippen LogP contribution in [0.15, 0.2) is 108 Å². The third kappa shape index (κ3) is 5.20. The smallest absolute Gasteiger partial charge is 0.267 e. The molecule has 4 nitrogen and oxygen atoms in total. The first kappa shape index (κ1) is 23.9. The highest BCUT2D eigenvalue weighted by Crippen LogP contribution is 2.45. The Labute approximate surface area is 217 Å². The van der Waals surface area contributed by atoms with Crippen LogP contribution in [0.3, 0.4) is 0 Å². The number of rotatable bonds is 5. The molecule has 1 fully saturated rings. The Kier molecular flexibility index (Phi) is 6.89. The second-order valence-electron chi connectivity index (χ2n) is 8.14. The zero-order chi connectivity index (χ0) is 25.1. The van der Waals surface area contributed by atoms with Gasteiger partial charge in [-0.25, -0.2) is 9.40 Å². The van der Waals surface area contributed by atoms with E-state index < -0.39 is 11.3 Å². The minimum Gasteiger partial charge on any atom is -0.267 e. The number of carbonyl (C=O) groups is 2. The molecule has 0 bridgehead atoms. The molecule has 1 heterocycles. The highest BCUT2D eigenvalue weighted by molar-refractivity contribution is 8.04. The number of nitrogens with zero attached hydrogens (tertiary/aromatic N) is 1. The van der Waals surface area contributed by atoms with Gasteiger partial charge in [0.15, 0.2) is 0 Å². The molecule has 1 unspecified atom stereocenters. The van der Waals surface area contributed by atoms with Crippen LogP contribution in [0.25, 0.3) is 17.2 Å². The molecule has 4 aromatic carbocycles. The Bertz CT molecular complexity index is 1420. The largest absolute Gasteiger partial charge is 0.280 e. The van der Waals surface area contributed by atoms with Gasteiger partial charge in [0.1, 0.15) is 11.2 Å². The fourth-order valence-corrected chi connectivity index (χ4v) is 5.14. The quantitative estimate of drug-likeness (QED) is 0.289. The summed E-state index contributed by atoms with van der Waals surface area (Å²) in [6, 6.07) is 30.0. The standard InChI is InChI=1S/C29H20ClFN2O2S/c30-24-14-6-19(7-15-24)18-26-28(35)33(29(36-26)23-12-16-25(31)17-13-23)32-27(34)22-10-8-21(9-11-22)20-4-2-1-3-5-20/h1-18,29H,(H,32,34)/b26-18-. The molecule has 0 saturated carbocycles. The third-order valence-corrected chi connectivity index (χ3v) is 7.21. The van der Waals surface area contributed by atoms with E-state index in [0.717, 1.165) is 16.7 Å². The van der Waals surface area contributed by atoms with E-state index in [1.54, 1.807) is 42.5 Å². The maximum absolute atomic E-state index is 13.6. The molecule has 0 radical (unpaired) electrons. The van der Waals surface area contributed by atoms with Gasteiger partial charge < -0.3 is 0 Å². The summed E-state index contributed by atoms with van der Waals surface area (Å²) in [4.78, 5) is 26.9. The minimum absolute atomic E-state index is 0.349. The van der Waals surface area contributed by atoms with E-state index in [1.165, 1.54) is 28.9 Å². The Morgan fingerprint density at radius 2 is 1.50 bits per heavy atom. The number of benzene rings is 4. The van der Waals surface area contributed by atoms with E-state index in [-0.39, 0.29) is 11.7 Å². The molecule has 1 atom stereocenters. The number of hydrogen-bond acceptors (Lipinski definition) is 3. The van der Waals surface area contributed by atoms with Crippen LogP contribution >= 0.6 is 23.4 Å². The molecule has 4 aromatic rings. The molecule has 0 aromatic heterocycles. The Morgan fingerprint density at radius 3 is 2.17 bits per heavy atom. The zero-order valence-corrected chi connectivity index (χ0v) is 20.5. The molecule has 36 heavy (non-hydrogen) atoms. The molecule has 0 spiro atoms. The van der Waals surface area contributed by atoms with Crippen LogP contribution < -0.4 is 5.43 Å². The van der Waals surface area contributed by atoms with E-state index in [4.69, 9.17) is 11.6 Å². The van der Waals surface area contributed by atoms with Crippen molar-refractivity contribution in [2.45, 2.75) is 5.37 Å². The fourth-order valence-electron chi connectivity index (χ4n) is 3.83. The lowest BCUT2D eigenvalue weighted by molar-refractivity contribution is -0.128. The lowest BCUT2D eigenvalue weighted by atomic mass is 10.0. The molecule has 5 rings (SSSR count). The number of amides is 2. The van der Waals surface area contributed by atoms with Gasteiger partial charge in [0.25, 0.3) is 11.8 Å². The predicted octanol–water partition coefficient (Wildman–Crippen LogP) is 7.11. The van der Waals surface area contributed by atoms with Crippen molar-refractivity contribution in [1.82, 2.24) is 10.4 Å². The highest BCUT2D eigenvalue weighted by Gasteiger charge is 2.38. The second-order valence-corrected chi connectivity index (χ2v) is 9.70. The van der Waals surface area contributed by atoms with Crippen LogP contribution in [-0.2, 0) is 4.79 Å². The maximum Gasteiger partial charge on any atom is 0.280 e. The van der Waals surface area contributed by atoms with Gasteiger partial charge in [-0.05, 0) is 64.7 Å². The van der Waals surface area contributed by atoms with Gasteiger partial charge in [0, 0.05) is 10.6 Å². The zero-order valence-electron chi connectivity index (χ0n) is 18.9. The first-order chi connectivity index (χ1) is 17.5. The van der Waals surface area contributed by atoms with Crippen molar-refractivity contribution in [2.75, 3.05) is 0 Å². The van der Waals surface area contributed by atoms with Crippen molar-refractivity contribution in [3.8, 4) is 11.1 Å². The van der Waals surface area contributed by atoms with E-state index in [0.29, 0.717) is 21.1 Å². The number of hydrogen-bond donors (Lipinski definition) is 1. The molecule has 1 N–H and O–H groups in total. The summed E-state index contributed by atoms with van der Waals surface area (Å²) < 4.78 is 13.6. The van der Waals surface area contributed by atoms with Crippen molar-refractivity contribution >= 4 is 41.3 Å². The van der Waals surface area contributed by atoms with Crippen molar-refractivity contribution < 1.29 is 14.0 Å². The van der Waals surface area contributed by atoms with E-state index in [2.05, 4.69) is 5.43 Å². The molecule has 7 heteroatoms. The molecular weight excluding hydrogens is 495 g/mol. The minimum atomic E-state index is -0.552.